The molecule has 2 aliphatic rings. The fraction of sp³-hybridized carbons (Fsp3) is 0.800. The van der Waals surface area contributed by atoms with Gasteiger partial charge in [-0.15, -0.1) is 0 Å². The van der Waals surface area contributed by atoms with Gasteiger partial charge < -0.3 is 15.1 Å². The maximum Gasteiger partial charge on any atom is 0.0945 e. The van der Waals surface area contributed by atoms with Crippen molar-refractivity contribution < 1.29 is 0 Å². The van der Waals surface area contributed by atoms with E-state index >= 15 is 0 Å². The van der Waals surface area contributed by atoms with E-state index < -0.39 is 0 Å². The summed E-state index contributed by atoms with van der Waals surface area (Å²) < 4.78 is 0. The Labute approximate surface area is 80.4 Å². The molecule has 74 valence electrons. The minimum atomic E-state index is 0.642. The second kappa shape index (κ2) is 3.22. The molecule has 0 saturated carbocycles. The Balaban J connectivity index is 2.10. The third-order valence-electron chi connectivity index (χ3n) is 3.22. The lowest BCUT2D eigenvalue weighted by molar-refractivity contribution is 0.161. The van der Waals surface area contributed by atoms with Crippen LogP contribution in [0.2, 0.25) is 0 Å². The van der Waals surface area contributed by atoms with Gasteiger partial charge in [0.05, 0.1) is 17.9 Å². The summed E-state index contributed by atoms with van der Waals surface area (Å²) in [6, 6.07) is 1.29. The highest BCUT2D eigenvalue weighted by atomic mass is 15.4. The molecular formula is C10H19N3. The van der Waals surface area contributed by atoms with Crippen LogP contribution in [0, 0.1) is 0 Å². The molecule has 2 heterocycles. The van der Waals surface area contributed by atoms with Gasteiger partial charge in [-0.05, 0) is 26.9 Å². The maximum absolute atomic E-state index is 4.05. The monoisotopic (exact) mass is 181 g/mol. The zero-order valence-corrected chi connectivity index (χ0v) is 8.58. The van der Waals surface area contributed by atoms with Crippen molar-refractivity contribution in [3.63, 3.8) is 0 Å². The molecule has 2 fully saturated rings. The second-order valence-electron chi connectivity index (χ2n) is 4.10. The standard InChI is InChI=1S/C10H19N3/c1-4-13-8(2)11-9-5-6-12(3)7-10(9)13/h9-11H,2,4-7H2,1,3H3. The number of hydrogen-bond donors (Lipinski definition) is 1. The fourth-order valence-electron chi connectivity index (χ4n) is 2.50. The van der Waals surface area contributed by atoms with E-state index in [9.17, 15) is 0 Å². The van der Waals surface area contributed by atoms with Crippen LogP contribution in [0.3, 0.4) is 0 Å². The molecular weight excluding hydrogens is 162 g/mol. The molecule has 0 aromatic carbocycles. The van der Waals surface area contributed by atoms with E-state index in [1.807, 2.05) is 0 Å². The Morgan fingerprint density at radius 2 is 2.38 bits per heavy atom. The average Bonchev–Trinajstić information content (AvgIpc) is 2.40. The minimum Gasteiger partial charge on any atom is -0.367 e. The van der Waals surface area contributed by atoms with Crippen molar-refractivity contribution in [3.05, 3.63) is 12.4 Å². The van der Waals surface area contributed by atoms with Gasteiger partial charge in [-0.2, -0.15) is 0 Å². The summed E-state index contributed by atoms with van der Waals surface area (Å²) in [6.07, 6.45) is 1.25. The number of rotatable bonds is 1. The Hall–Kier alpha value is -0.700. The molecule has 2 unspecified atom stereocenters. The Morgan fingerprint density at radius 1 is 1.62 bits per heavy atom. The van der Waals surface area contributed by atoms with E-state index in [0.29, 0.717) is 12.1 Å². The first kappa shape index (κ1) is 8.88. The number of piperidine rings is 1. The van der Waals surface area contributed by atoms with Crippen molar-refractivity contribution in [3.8, 4) is 0 Å². The summed E-state index contributed by atoms with van der Waals surface area (Å²) >= 11 is 0. The van der Waals surface area contributed by atoms with Crippen molar-refractivity contribution in [1.29, 1.82) is 0 Å². The molecule has 2 saturated heterocycles. The number of nitrogens with zero attached hydrogens (tertiary/aromatic N) is 2. The van der Waals surface area contributed by atoms with E-state index in [4.69, 9.17) is 0 Å². The van der Waals surface area contributed by atoms with Gasteiger partial charge in [-0.1, -0.05) is 6.58 Å². The van der Waals surface area contributed by atoms with Gasteiger partial charge in [-0.25, -0.2) is 0 Å². The van der Waals surface area contributed by atoms with Gasteiger partial charge in [-0.3, -0.25) is 0 Å². The molecule has 0 radical (unpaired) electrons. The van der Waals surface area contributed by atoms with Crippen LogP contribution < -0.4 is 5.32 Å². The van der Waals surface area contributed by atoms with Crippen molar-refractivity contribution in [2.75, 3.05) is 26.7 Å². The predicted molar refractivity (Wildman–Crippen MR) is 54.3 cm³/mol. The zero-order valence-electron chi connectivity index (χ0n) is 8.58. The van der Waals surface area contributed by atoms with Crippen LogP contribution in [0.25, 0.3) is 0 Å². The summed E-state index contributed by atoms with van der Waals surface area (Å²) in [7, 11) is 2.20. The first-order valence-corrected chi connectivity index (χ1v) is 5.13. The molecule has 2 atom stereocenters. The van der Waals surface area contributed by atoms with E-state index in [2.05, 4.69) is 35.7 Å². The van der Waals surface area contributed by atoms with Crippen molar-refractivity contribution >= 4 is 0 Å². The normalized spacial score (nSPS) is 34.6. The summed E-state index contributed by atoms with van der Waals surface area (Å²) in [5.41, 5.74) is 0. The highest BCUT2D eigenvalue weighted by Crippen LogP contribution is 2.24. The van der Waals surface area contributed by atoms with Gasteiger partial charge in [0.2, 0.25) is 0 Å². The molecule has 2 rings (SSSR count). The first-order chi connectivity index (χ1) is 6.22. The minimum absolute atomic E-state index is 0.642. The topological polar surface area (TPSA) is 18.5 Å². The summed E-state index contributed by atoms with van der Waals surface area (Å²) in [5.74, 6) is 1.12. The lowest BCUT2D eigenvalue weighted by atomic mass is 10.0. The van der Waals surface area contributed by atoms with E-state index in [1.54, 1.807) is 0 Å². The molecule has 3 heteroatoms. The van der Waals surface area contributed by atoms with Crippen molar-refractivity contribution in [2.45, 2.75) is 25.4 Å². The summed E-state index contributed by atoms with van der Waals surface area (Å²) in [5, 5.41) is 3.48. The third-order valence-corrected chi connectivity index (χ3v) is 3.22. The van der Waals surface area contributed by atoms with Crippen LogP contribution >= 0.6 is 0 Å². The lowest BCUT2D eigenvalue weighted by Gasteiger charge is -2.35. The maximum atomic E-state index is 4.05. The largest absolute Gasteiger partial charge is 0.367 e. The lowest BCUT2D eigenvalue weighted by Crippen LogP contribution is -2.50. The molecule has 3 nitrogen and oxygen atoms in total. The predicted octanol–water partition coefficient (Wildman–Crippen LogP) is 0.455. The molecule has 0 bridgehead atoms. The quantitative estimate of drug-likeness (QED) is 0.634. The van der Waals surface area contributed by atoms with Gasteiger partial charge in [0.15, 0.2) is 0 Å². The highest BCUT2D eigenvalue weighted by molar-refractivity contribution is 5.10. The van der Waals surface area contributed by atoms with Crippen LogP contribution in [0.1, 0.15) is 13.3 Å². The zero-order chi connectivity index (χ0) is 9.42. The van der Waals surface area contributed by atoms with Gasteiger partial charge in [0.25, 0.3) is 0 Å². The fourth-order valence-corrected chi connectivity index (χ4v) is 2.50. The van der Waals surface area contributed by atoms with Gasteiger partial charge in [0, 0.05) is 13.1 Å². The average molecular weight is 181 g/mol. The van der Waals surface area contributed by atoms with Crippen molar-refractivity contribution in [1.82, 2.24) is 15.1 Å². The smallest absolute Gasteiger partial charge is 0.0945 e. The van der Waals surface area contributed by atoms with Crippen LogP contribution in [0.5, 0.6) is 0 Å². The van der Waals surface area contributed by atoms with Gasteiger partial charge in [0.1, 0.15) is 0 Å². The number of fused-ring (bicyclic) bond motifs is 1. The van der Waals surface area contributed by atoms with Crippen LogP contribution in [-0.2, 0) is 0 Å². The molecule has 2 aliphatic heterocycles. The van der Waals surface area contributed by atoms with Crippen LogP contribution in [-0.4, -0.2) is 48.6 Å². The second-order valence-corrected chi connectivity index (χ2v) is 4.10. The number of hydrogen-bond acceptors (Lipinski definition) is 3. The van der Waals surface area contributed by atoms with E-state index in [-0.39, 0.29) is 0 Å². The highest BCUT2D eigenvalue weighted by Gasteiger charge is 2.37. The third kappa shape index (κ3) is 1.41. The summed E-state index contributed by atoms with van der Waals surface area (Å²) in [4.78, 5) is 4.80. The molecule has 1 N–H and O–H groups in total. The Morgan fingerprint density at radius 3 is 3.08 bits per heavy atom. The van der Waals surface area contributed by atoms with Crippen LogP contribution in [0.4, 0.5) is 0 Å². The Bertz CT molecular complexity index is 214. The summed E-state index contributed by atoms with van der Waals surface area (Å²) in [6.45, 7) is 9.70. The van der Waals surface area contributed by atoms with E-state index in [1.165, 1.54) is 19.5 Å². The molecule has 0 aromatic heterocycles. The van der Waals surface area contributed by atoms with Crippen LogP contribution in [0.15, 0.2) is 12.4 Å². The van der Waals surface area contributed by atoms with E-state index in [0.717, 1.165) is 12.4 Å². The SMILES string of the molecule is C=C1NC2CCN(C)CC2N1CC. The molecule has 0 aromatic rings. The Kier molecular flexibility index (Phi) is 2.20. The molecule has 0 aliphatic carbocycles. The molecule has 0 spiro atoms. The first-order valence-electron chi connectivity index (χ1n) is 5.13. The number of likely N-dealkylation sites (tertiary alicyclic amines) is 1. The molecule has 0 amide bonds. The van der Waals surface area contributed by atoms with Crippen molar-refractivity contribution in [2.24, 2.45) is 0 Å². The number of nitrogens with one attached hydrogen (secondary N) is 1. The molecule has 13 heavy (non-hydrogen) atoms. The number of likely N-dealkylation sites (N-methyl/N-ethyl adjacent to an activating group) is 2. The van der Waals surface area contributed by atoms with Gasteiger partial charge >= 0.3 is 0 Å².